The van der Waals surface area contributed by atoms with Crippen LogP contribution in [0.25, 0.3) is 0 Å². The number of hydrogen-bond donors (Lipinski definition) is 1. The summed E-state index contributed by atoms with van der Waals surface area (Å²) in [6.07, 6.45) is 1.55. The van der Waals surface area contributed by atoms with Crippen LogP contribution in [-0.2, 0) is 4.79 Å². The van der Waals surface area contributed by atoms with E-state index in [1.54, 1.807) is 24.3 Å². The maximum absolute atomic E-state index is 11.1. The molecule has 0 aromatic heterocycles. The van der Waals surface area contributed by atoms with Crippen molar-refractivity contribution < 1.29 is 14.3 Å². The highest BCUT2D eigenvalue weighted by Crippen LogP contribution is 2.14. The molecule has 0 saturated carbocycles. The first kappa shape index (κ1) is 12.2. The zero-order valence-corrected chi connectivity index (χ0v) is 9.18. The highest BCUT2D eigenvalue weighted by atomic mass is 16.5. The maximum Gasteiger partial charge on any atom is 0.258 e. The minimum atomic E-state index is -0.605. The molecule has 1 aromatic carbocycles. The molecular formula is C12H15NO3. The van der Waals surface area contributed by atoms with Crippen LogP contribution in [0.15, 0.2) is 24.3 Å². The molecule has 0 spiro atoms. The molecule has 1 atom stereocenters. The average molecular weight is 221 g/mol. The second-order valence-electron chi connectivity index (χ2n) is 3.48. The highest BCUT2D eigenvalue weighted by molar-refractivity contribution is 5.79. The van der Waals surface area contributed by atoms with E-state index in [4.69, 9.17) is 10.5 Å². The summed E-state index contributed by atoms with van der Waals surface area (Å²) in [7, 11) is 0. The van der Waals surface area contributed by atoms with Crippen LogP contribution in [0.2, 0.25) is 0 Å². The second kappa shape index (κ2) is 5.90. The minimum Gasteiger partial charge on any atom is -0.481 e. The Hall–Kier alpha value is -1.84. The Balaban J connectivity index is 2.69. The number of carbonyl (C=O) groups is 2. The Kier molecular flexibility index (Phi) is 4.51. The van der Waals surface area contributed by atoms with E-state index in [1.165, 1.54) is 0 Å². The number of carbonyl (C=O) groups excluding carboxylic acids is 2. The fourth-order valence-corrected chi connectivity index (χ4v) is 1.31. The van der Waals surface area contributed by atoms with Gasteiger partial charge in [0.2, 0.25) is 0 Å². The van der Waals surface area contributed by atoms with Gasteiger partial charge >= 0.3 is 0 Å². The molecule has 16 heavy (non-hydrogen) atoms. The largest absolute Gasteiger partial charge is 0.481 e. The summed E-state index contributed by atoms with van der Waals surface area (Å²) >= 11 is 0. The van der Waals surface area contributed by atoms with Crippen LogP contribution in [0.1, 0.15) is 30.1 Å². The number of primary amides is 1. The van der Waals surface area contributed by atoms with E-state index in [0.717, 1.165) is 12.7 Å². The molecule has 0 aliphatic rings. The topological polar surface area (TPSA) is 69.4 Å². The van der Waals surface area contributed by atoms with Gasteiger partial charge in [-0.15, -0.1) is 0 Å². The number of aldehydes is 1. The van der Waals surface area contributed by atoms with E-state index in [-0.39, 0.29) is 0 Å². The lowest BCUT2D eigenvalue weighted by molar-refractivity contribution is -0.125. The molecule has 0 saturated heterocycles. The van der Waals surface area contributed by atoms with Crippen molar-refractivity contribution >= 4 is 12.2 Å². The smallest absolute Gasteiger partial charge is 0.258 e. The maximum atomic E-state index is 11.1. The van der Waals surface area contributed by atoms with Crippen molar-refractivity contribution in [3.63, 3.8) is 0 Å². The van der Waals surface area contributed by atoms with Gasteiger partial charge in [-0.05, 0) is 30.7 Å². The third-order valence-electron chi connectivity index (χ3n) is 2.16. The number of amides is 1. The predicted octanol–water partition coefficient (Wildman–Crippen LogP) is 1.53. The van der Waals surface area contributed by atoms with E-state index in [0.29, 0.717) is 17.7 Å². The van der Waals surface area contributed by atoms with Gasteiger partial charge in [-0.3, -0.25) is 9.59 Å². The second-order valence-corrected chi connectivity index (χ2v) is 3.48. The molecule has 1 unspecified atom stereocenters. The molecule has 0 aliphatic heterocycles. The molecule has 0 radical (unpaired) electrons. The zero-order chi connectivity index (χ0) is 12.0. The van der Waals surface area contributed by atoms with E-state index >= 15 is 0 Å². The zero-order valence-electron chi connectivity index (χ0n) is 9.18. The van der Waals surface area contributed by atoms with Gasteiger partial charge in [0.05, 0.1) is 0 Å². The van der Waals surface area contributed by atoms with Gasteiger partial charge in [0.1, 0.15) is 12.0 Å². The first-order chi connectivity index (χ1) is 7.67. The first-order valence-corrected chi connectivity index (χ1v) is 5.18. The number of hydrogen-bond acceptors (Lipinski definition) is 3. The average Bonchev–Trinajstić information content (AvgIpc) is 2.29. The van der Waals surface area contributed by atoms with Gasteiger partial charge in [-0.1, -0.05) is 13.3 Å². The predicted molar refractivity (Wildman–Crippen MR) is 60.3 cm³/mol. The summed E-state index contributed by atoms with van der Waals surface area (Å²) in [6, 6.07) is 6.56. The molecule has 0 bridgehead atoms. The van der Waals surface area contributed by atoms with E-state index < -0.39 is 12.0 Å². The van der Waals surface area contributed by atoms with Crippen LogP contribution in [0, 0.1) is 0 Å². The molecule has 1 amide bonds. The van der Waals surface area contributed by atoms with Gasteiger partial charge in [-0.25, -0.2) is 0 Å². The summed E-state index contributed by atoms with van der Waals surface area (Å²) in [4.78, 5) is 21.5. The van der Waals surface area contributed by atoms with Crippen LogP contribution in [0.3, 0.4) is 0 Å². The number of rotatable bonds is 6. The van der Waals surface area contributed by atoms with Gasteiger partial charge < -0.3 is 10.5 Å². The standard InChI is InChI=1S/C12H15NO3/c1-2-3-11(12(13)15)16-10-6-4-9(8-14)5-7-10/h4-8,11H,2-3H2,1H3,(H2,13,15). The normalized spacial score (nSPS) is 11.8. The fraction of sp³-hybridized carbons (Fsp3) is 0.333. The lowest BCUT2D eigenvalue weighted by Gasteiger charge is -2.14. The Labute approximate surface area is 94.4 Å². The van der Waals surface area contributed by atoms with Crippen molar-refractivity contribution in [3.05, 3.63) is 29.8 Å². The monoisotopic (exact) mass is 221 g/mol. The number of nitrogens with two attached hydrogens (primary N) is 1. The molecular weight excluding hydrogens is 206 g/mol. The van der Waals surface area contributed by atoms with Crippen molar-refractivity contribution in [2.45, 2.75) is 25.9 Å². The summed E-state index contributed by atoms with van der Waals surface area (Å²) < 4.78 is 5.43. The minimum absolute atomic E-state index is 0.471. The first-order valence-electron chi connectivity index (χ1n) is 5.18. The Morgan fingerprint density at radius 3 is 2.50 bits per heavy atom. The Morgan fingerprint density at radius 1 is 1.44 bits per heavy atom. The number of benzene rings is 1. The molecule has 0 fully saturated rings. The molecule has 4 nitrogen and oxygen atoms in total. The van der Waals surface area contributed by atoms with Crippen LogP contribution < -0.4 is 10.5 Å². The highest BCUT2D eigenvalue weighted by Gasteiger charge is 2.15. The molecule has 0 aliphatic carbocycles. The van der Waals surface area contributed by atoms with Crippen molar-refractivity contribution in [2.24, 2.45) is 5.73 Å². The summed E-state index contributed by atoms with van der Waals surface area (Å²) in [6.45, 7) is 1.95. The molecule has 4 heteroatoms. The van der Waals surface area contributed by atoms with Gasteiger partial charge in [0.15, 0.2) is 6.10 Å². The SMILES string of the molecule is CCCC(Oc1ccc(C=O)cc1)C(N)=O. The molecule has 1 aromatic rings. The van der Waals surface area contributed by atoms with Gasteiger partial charge in [0, 0.05) is 5.56 Å². The quantitative estimate of drug-likeness (QED) is 0.740. The van der Waals surface area contributed by atoms with E-state index in [2.05, 4.69) is 0 Å². The van der Waals surface area contributed by atoms with Gasteiger partial charge in [0.25, 0.3) is 5.91 Å². The van der Waals surface area contributed by atoms with Gasteiger partial charge in [-0.2, -0.15) is 0 Å². The summed E-state index contributed by atoms with van der Waals surface area (Å²) in [5.41, 5.74) is 5.77. The van der Waals surface area contributed by atoms with Crippen LogP contribution in [0.5, 0.6) is 5.75 Å². The van der Waals surface area contributed by atoms with Crippen LogP contribution >= 0.6 is 0 Å². The Morgan fingerprint density at radius 2 is 2.06 bits per heavy atom. The summed E-state index contributed by atoms with van der Waals surface area (Å²) in [5, 5.41) is 0. The van der Waals surface area contributed by atoms with Crippen molar-refractivity contribution in [1.29, 1.82) is 0 Å². The van der Waals surface area contributed by atoms with Crippen molar-refractivity contribution in [2.75, 3.05) is 0 Å². The lowest BCUT2D eigenvalue weighted by atomic mass is 10.2. The van der Waals surface area contributed by atoms with Crippen LogP contribution in [0.4, 0.5) is 0 Å². The third kappa shape index (κ3) is 3.38. The Bertz CT molecular complexity index is 359. The van der Waals surface area contributed by atoms with Crippen molar-refractivity contribution in [1.82, 2.24) is 0 Å². The van der Waals surface area contributed by atoms with Crippen LogP contribution in [-0.4, -0.2) is 18.3 Å². The molecule has 2 N–H and O–H groups in total. The molecule has 1 rings (SSSR count). The third-order valence-corrected chi connectivity index (χ3v) is 2.16. The fourth-order valence-electron chi connectivity index (χ4n) is 1.31. The summed E-state index contributed by atoms with van der Waals surface area (Å²) in [5.74, 6) is 0.0733. The van der Waals surface area contributed by atoms with Crippen molar-refractivity contribution in [3.8, 4) is 5.75 Å². The molecule has 86 valence electrons. The number of ether oxygens (including phenoxy) is 1. The molecule has 0 heterocycles. The lowest BCUT2D eigenvalue weighted by Crippen LogP contribution is -2.33. The van der Waals surface area contributed by atoms with E-state index in [1.807, 2.05) is 6.92 Å². The van der Waals surface area contributed by atoms with E-state index in [9.17, 15) is 9.59 Å².